The van der Waals surface area contributed by atoms with Crippen molar-refractivity contribution in [3.8, 4) is 10.6 Å². The van der Waals surface area contributed by atoms with Crippen LogP contribution in [0.4, 0.5) is 4.39 Å². The molecule has 2 aromatic rings. The fourth-order valence-corrected chi connectivity index (χ4v) is 2.80. The third-order valence-electron chi connectivity index (χ3n) is 2.41. The quantitative estimate of drug-likeness (QED) is 0.921. The van der Waals surface area contributed by atoms with Gasteiger partial charge in [0.25, 0.3) is 0 Å². The number of hydrogen-bond acceptors (Lipinski definition) is 3. The first kappa shape index (κ1) is 12.5. The molecule has 1 heterocycles. The largest absolute Gasteiger partial charge is 0.315 e. The molecule has 0 fully saturated rings. The minimum atomic E-state index is -0.404. The summed E-state index contributed by atoms with van der Waals surface area (Å²) < 4.78 is 13.8. The van der Waals surface area contributed by atoms with Crippen LogP contribution in [-0.4, -0.2) is 12.0 Å². The SMILES string of the molecule is CNCc1sc(-c2cccc(Cl)c2F)nc1C. The average molecular weight is 271 g/mol. The number of aryl methyl sites for hydroxylation is 1. The van der Waals surface area contributed by atoms with Crippen molar-refractivity contribution in [1.82, 2.24) is 10.3 Å². The van der Waals surface area contributed by atoms with E-state index >= 15 is 0 Å². The van der Waals surface area contributed by atoms with Crippen molar-refractivity contribution in [3.05, 3.63) is 39.6 Å². The molecule has 0 radical (unpaired) electrons. The highest BCUT2D eigenvalue weighted by molar-refractivity contribution is 7.15. The molecule has 0 spiro atoms. The van der Waals surface area contributed by atoms with Gasteiger partial charge in [-0.3, -0.25) is 0 Å². The fourth-order valence-electron chi connectivity index (χ4n) is 1.54. The molecule has 0 aliphatic carbocycles. The summed E-state index contributed by atoms with van der Waals surface area (Å²) in [6, 6.07) is 4.97. The monoisotopic (exact) mass is 270 g/mol. The number of nitrogens with one attached hydrogen (secondary N) is 1. The molecule has 0 amide bonds. The topological polar surface area (TPSA) is 24.9 Å². The van der Waals surface area contributed by atoms with E-state index in [1.807, 2.05) is 14.0 Å². The predicted octanol–water partition coefficient (Wildman–Crippen LogP) is 3.63. The first-order valence-electron chi connectivity index (χ1n) is 5.18. The van der Waals surface area contributed by atoms with Gasteiger partial charge in [0, 0.05) is 17.0 Å². The molecule has 1 aromatic carbocycles. The Morgan fingerprint density at radius 3 is 2.94 bits per heavy atom. The number of benzene rings is 1. The summed E-state index contributed by atoms with van der Waals surface area (Å²) in [4.78, 5) is 5.49. The Bertz CT molecular complexity index is 539. The normalized spacial score (nSPS) is 10.8. The Kier molecular flexibility index (Phi) is 3.76. The van der Waals surface area contributed by atoms with E-state index in [1.165, 1.54) is 17.4 Å². The zero-order valence-corrected chi connectivity index (χ0v) is 11.1. The maximum atomic E-state index is 13.8. The average Bonchev–Trinajstić information content (AvgIpc) is 2.65. The lowest BCUT2D eigenvalue weighted by Gasteiger charge is -1.99. The smallest absolute Gasteiger partial charge is 0.152 e. The van der Waals surface area contributed by atoms with Crippen LogP contribution >= 0.6 is 22.9 Å². The van der Waals surface area contributed by atoms with E-state index in [0.717, 1.165) is 17.1 Å². The van der Waals surface area contributed by atoms with Gasteiger partial charge in [0.05, 0.1) is 10.7 Å². The second kappa shape index (κ2) is 5.12. The van der Waals surface area contributed by atoms with Gasteiger partial charge in [0.1, 0.15) is 5.01 Å². The van der Waals surface area contributed by atoms with Gasteiger partial charge in [-0.1, -0.05) is 17.7 Å². The van der Waals surface area contributed by atoms with Crippen LogP contribution < -0.4 is 5.32 Å². The van der Waals surface area contributed by atoms with E-state index in [2.05, 4.69) is 10.3 Å². The molecule has 1 N–H and O–H groups in total. The van der Waals surface area contributed by atoms with Crippen LogP contribution in [0.1, 0.15) is 10.6 Å². The Balaban J connectivity index is 2.46. The van der Waals surface area contributed by atoms with Crippen molar-refractivity contribution in [3.63, 3.8) is 0 Å². The molecular formula is C12H12ClFN2S. The molecule has 90 valence electrons. The summed E-state index contributed by atoms with van der Waals surface area (Å²) in [5, 5.41) is 3.87. The molecule has 5 heteroatoms. The molecule has 0 aliphatic heterocycles. The Hall–Kier alpha value is -0.970. The van der Waals surface area contributed by atoms with Gasteiger partial charge in [0.15, 0.2) is 5.82 Å². The van der Waals surface area contributed by atoms with Crippen LogP contribution in [0.15, 0.2) is 18.2 Å². The van der Waals surface area contributed by atoms with Crippen LogP contribution in [0.3, 0.4) is 0 Å². The number of halogens is 2. The van der Waals surface area contributed by atoms with E-state index in [4.69, 9.17) is 11.6 Å². The lowest BCUT2D eigenvalue weighted by molar-refractivity contribution is 0.631. The van der Waals surface area contributed by atoms with Crippen molar-refractivity contribution in [1.29, 1.82) is 0 Å². The molecule has 0 aliphatic rings. The Morgan fingerprint density at radius 2 is 2.24 bits per heavy atom. The summed E-state index contributed by atoms with van der Waals surface area (Å²) in [5.74, 6) is -0.404. The van der Waals surface area contributed by atoms with Gasteiger partial charge in [-0.25, -0.2) is 9.37 Å². The maximum Gasteiger partial charge on any atom is 0.152 e. The molecule has 0 unspecified atom stereocenters. The van der Waals surface area contributed by atoms with Gasteiger partial charge in [-0.15, -0.1) is 11.3 Å². The number of thiazole rings is 1. The van der Waals surface area contributed by atoms with Gasteiger partial charge in [0.2, 0.25) is 0 Å². The van der Waals surface area contributed by atoms with E-state index in [-0.39, 0.29) is 5.02 Å². The summed E-state index contributed by atoms with van der Waals surface area (Å²) in [6.07, 6.45) is 0. The van der Waals surface area contributed by atoms with Crippen molar-refractivity contribution < 1.29 is 4.39 Å². The Labute approximate surface area is 108 Å². The second-order valence-electron chi connectivity index (χ2n) is 3.66. The van der Waals surface area contributed by atoms with Crippen molar-refractivity contribution in [2.75, 3.05) is 7.05 Å². The maximum absolute atomic E-state index is 13.8. The molecule has 0 bridgehead atoms. The summed E-state index contributed by atoms with van der Waals surface area (Å²) in [7, 11) is 1.87. The molecule has 0 saturated carbocycles. The zero-order chi connectivity index (χ0) is 12.4. The highest BCUT2D eigenvalue weighted by atomic mass is 35.5. The van der Waals surface area contributed by atoms with Gasteiger partial charge in [-0.2, -0.15) is 0 Å². The highest BCUT2D eigenvalue weighted by Gasteiger charge is 2.14. The number of nitrogens with zero attached hydrogens (tertiary/aromatic N) is 1. The molecular weight excluding hydrogens is 259 g/mol. The van der Waals surface area contributed by atoms with Crippen LogP contribution in [0.2, 0.25) is 5.02 Å². The van der Waals surface area contributed by atoms with E-state index in [0.29, 0.717) is 10.6 Å². The summed E-state index contributed by atoms with van der Waals surface area (Å²) in [5.41, 5.74) is 1.40. The second-order valence-corrected chi connectivity index (χ2v) is 5.15. The lowest BCUT2D eigenvalue weighted by Crippen LogP contribution is -2.04. The predicted molar refractivity (Wildman–Crippen MR) is 70.0 cm³/mol. The standard InChI is InChI=1S/C12H12ClFN2S/c1-7-10(6-15-2)17-12(16-7)8-4-3-5-9(13)11(8)14/h3-5,15H,6H2,1-2H3. The zero-order valence-electron chi connectivity index (χ0n) is 9.55. The van der Waals surface area contributed by atoms with Crippen LogP contribution in [0.5, 0.6) is 0 Å². The third kappa shape index (κ3) is 2.49. The molecule has 0 saturated heterocycles. The van der Waals surface area contributed by atoms with Crippen molar-refractivity contribution in [2.24, 2.45) is 0 Å². The van der Waals surface area contributed by atoms with Crippen molar-refractivity contribution >= 4 is 22.9 Å². The van der Waals surface area contributed by atoms with Crippen LogP contribution in [0, 0.1) is 12.7 Å². The minimum absolute atomic E-state index is 0.130. The molecule has 2 nitrogen and oxygen atoms in total. The van der Waals surface area contributed by atoms with E-state index in [1.54, 1.807) is 12.1 Å². The summed E-state index contributed by atoms with van der Waals surface area (Å²) >= 11 is 7.25. The molecule has 17 heavy (non-hydrogen) atoms. The lowest BCUT2D eigenvalue weighted by atomic mass is 10.2. The van der Waals surface area contributed by atoms with Gasteiger partial charge in [-0.05, 0) is 26.1 Å². The Morgan fingerprint density at radius 1 is 1.47 bits per heavy atom. The highest BCUT2D eigenvalue weighted by Crippen LogP contribution is 2.32. The van der Waals surface area contributed by atoms with E-state index < -0.39 is 5.82 Å². The number of aromatic nitrogens is 1. The molecule has 2 rings (SSSR count). The fraction of sp³-hybridized carbons (Fsp3) is 0.250. The van der Waals surface area contributed by atoms with Crippen molar-refractivity contribution in [2.45, 2.75) is 13.5 Å². The third-order valence-corrected chi connectivity index (χ3v) is 3.89. The molecule has 0 atom stereocenters. The first-order valence-corrected chi connectivity index (χ1v) is 6.38. The number of hydrogen-bond donors (Lipinski definition) is 1. The van der Waals surface area contributed by atoms with Gasteiger partial charge >= 0.3 is 0 Å². The first-order chi connectivity index (χ1) is 8.13. The van der Waals surface area contributed by atoms with E-state index in [9.17, 15) is 4.39 Å². The minimum Gasteiger partial charge on any atom is -0.315 e. The number of rotatable bonds is 3. The summed E-state index contributed by atoms with van der Waals surface area (Å²) in [6.45, 7) is 2.67. The van der Waals surface area contributed by atoms with Crippen LogP contribution in [-0.2, 0) is 6.54 Å². The van der Waals surface area contributed by atoms with Gasteiger partial charge < -0.3 is 5.32 Å². The molecule has 1 aromatic heterocycles. The van der Waals surface area contributed by atoms with Crippen LogP contribution in [0.25, 0.3) is 10.6 Å².